The number of carbonyl (C=O) groups is 1. The minimum absolute atomic E-state index is 0.0359. The second kappa shape index (κ2) is 6.51. The molecule has 90 valence electrons. The number of urea groups is 1. The third-order valence-corrected chi connectivity index (χ3v) is 2.30. The maximum Gasteiger partial charge on any atom is 0.319 e. The Bertz CT molecular complexity index is 425. The van der Waals surface area contributed by atoms with Crippen molar-refractivity contribution in [3.8, 4) is 6.07 Å². The van der Waals surface area contributed by atoms with E-state index in [2.05, 4.69) is 10.6 Å². The molecule has 1 aromatic rings. The van der Waals surface area contributed by atoms with Crippen LogP contribution in [0.2, 0.25) is 0 Å². The Balaban J connectivity index is 2.48. The zero-order chi connectivity index (χ0) is 12.7. The molecule has 0 aliphatic heterocycles. The van der Waals surface area contributed by atoms with E-state index in [0.717, 1.165) is 6.42 Å². The summed E-state index contributed by atoms with van der Waals surface area (Å²) < 4.78 is 0. The summed E-state index contributed by atoms with van der Waals surface area (Å²) in [5.74, 6) is 0. The molecule has 0 bridgehead atoms. The number of rotatable bonds is 4. The van der Waals surface area contributed by atoms with Crippen LogP contribution in [0.4, 0.5) is 10.5 Å². The predicted molar refractivity (Wildman–Crippen MR) is 66.4 cm³/mol. The molecule has 0 aliphatic rings. The van der Waals surface area contributed by atoms with Crippen LogP contribution in [0.25, 0.3) is 0 Å². The molecule has 5 heteroatoms. The lowest BCUT2D eigenvalue weighted by atomic mass is 10.2. The average molecular weight is 232 g/mol. The molecular weight excluding hydrogens is 216 g/mol. The Kier molecular flexibility index (Phi) is 4.98. The van der Waals surface area contributed by atoms with Crippen molar-refractivity contribution < 1.29 is 4.79 Å². The summed E-state index contributed by atoms with van der Waals surface area (Å²) in [6, 6.07) is 8.38. The molecule has 0 saturated heterocycles. The van der Waals surface area contributed by atoms with Crippen LogP contribution in [0.3, 0.4) is 0 Å². The monoisotopic (exact) mass is 232 g/mol. The summed E-state index contributed by atoms with van der Waals surface area (Å²) in [5.41, 5.74) is 6.77. The highest BCUT2D eigenvalue weighted by molar-refractivity contribution is 5.89. The predicted octanol–water partition coefficient (Wildman–Crippen LogP) is 1.42. The fraction of sp³-hybridized carbons (Fsp3) is 0.333. The van der Waals surface area contributed by atoms with Crippen molar-refractivity contribution in [2.45, 2.75) is 19.4 Å². The lowest BCUT2D eigenvalue weighted by Gasteiger charge is -2.11. The topological polar surface area (TPSA) is 90.9 Å². The van der Waals surface area contributed by atoms with E-state index in [1.165, 1.54) is 0 Å². The quantitative estimate of drug-likeness (QED) is 0.733. The fourth-order valence-electron chi connectivity index (χ4n) is 1.21. The number of nitriles is 1. The number of benzene rings is 1. The molecular formula is C12H16N4O. The van der Waals surface area contributed by atoms with E-state index >= 15 is 0 Å². The van der Waals surface area contributed by atoms with Crippen molar-refractivity contribution in [2.75, 3.05) is 11.9 Å². The van der Waals surface area contributed by atoms with Crippen molar-refractivity contribution in [1.29, 1.82) is 5.26 Å². The Morgan fingerprint density at radius 3 is 3.00 bits per heavy atom. The molecule has 17 heavy (non-hydrogen) atoms. The number of nitrogens with one attached hydrogen (secondary N) is 2. The van der Waals surface area contributed by atoms with E-state index in [4.69, 9.17) is 11.0 Å². The molecule has 0 aliphatic carbocycles. The number of anilines is 1. The van der Waals surface area contributed by atoms with Crippen LogP contribution in [-0.2, 0) is 0 Å². The van der Waals surface area contributed by atoms with Gasteiger partial charge in [0.25, 0.3) is 0 Å². The van der Waals surface area contributed by atoms with Crippen LogP contribution in [0.1, 0.15) is 18.9 Å². The highest BCUT2D eigenvalue weighted by atomic mass is 16.2. The number of nitrogens with zero attached hydrogens (tertiary/aromatic N) is 1. The molecule has 1 rings (SSSR count). The van der Waals surface area contributed by atoms with Crippen LogP contribution in [0, 0.1) is 11.3 Å². The van der Waals surface area contributed by atoms with E-state index in [-0.39, 0.29) is 12.1 Å². The fourth-order valence-corrected chi connectivity index (χ4v) is 1.21. The lowest BCUT2D eigenvalue weighted by molar-refractivity contribution is 0.251. The van der Waals surface area contributed by atoms with Crippen molar-refractivity contribution in [3.05, 3.63) is 29.8 Å². The standard InChI is InChI=1S/C12H16N4O/c1-2-10(14)8-15-12(17)16-11-5-3-4-9(6-11)7-13/h3-6,10H,2,8,14H2,1H3,(H2,15,16,17). The van der Waals surface area contributed by atoms with Gasteiger partial charge in [-0.25, -0.2) is 4.79 Å². The molecule has 2 amide bonds. The van der Waals surface area contributed by atoms with Gasteiger partial charge in [0.15, 0.2) is 0 Å². The van der Waals surface area contributed by atoms with Crippen LogP contribution < -0.4 is 16.4 Å². The molecule has 0 spiro atoms. The number of carbonyl (C=O) groups excluding carboxylic acids is 1. The second-order valence-electron chi connectivity index (χ2n) is 3.70. The van der Waals surface area contributed by atoms with E-state index in [1.54, 1.807) is 24.3 Å². The third-order valence-electron chi connectivity index (χ3n) is 2.30. The second-order valence-corrected chi connectivity index (χ2v) is 3.70. The van der Waals surface area contributed by atoms with Crippen LogP contribution in [0.15, 0.2) is 24.3 Å². The van der Waals surface area contributed by atoms with Gasteiger partial charge in [-0.3, -0.25) is 0 Å². The highest BCUT2D eigenvalue weighted by Gasteiger charge is 2.04. The number of hydrogen-bond donors (Lipinski definition) is 3. The van der Waals surface area contributed by atoms with Crippen molar-refractivity contribution in [3.63, 3.8) is 0 Å². The van der Waals surface area contributed by atoms with Gasteiger partial charge in [0.1, 0.15) is 0 Å². The molecule has 0 heterocycles. The molecule has 1 aromatic carbocycles. The van der Waals surface area contributed by atoms with Crippen molar-refractivity contribution in [1.82, 2.24) is 5.32 Å². The van der Waals surface area contributed by atoms with Gasteiger partial charge in [-0.15, -0.1) is 0 Å². The van der Waals surface area contributed by atoms with Gasteiger partial charge in [-0.05, 0) is 24.6 Å². The van der Waals surface area contributed by atoms with Gasteiger partial charge in [0.2, 0.25) is 0 Å². The maximum absolute atomic E-state index is 11.5. The molecule has 5 nitrogen and oxygen atoms in total. The Hall–Kier alpha value is -2.06. The number of nitrogens with two attached hydrogens (primary N) is 1. The summed E-state index contributed by atoms with van der Waals surface area (Å²) in [6.07, 6.45) is 0.810. The van der Waals surface area contributed by atoms with Crippen molar-refractivity contribution in [2.24, 2.45) is 5.73 Å². The van der Waals surface area contributed by atoms with Crippen molar-refractivity contribution >= 4 is 11.7 Å². The van der Waals surface area contributed by atoms with Crippen LogP contribution in [0.5, 0.6) is 0 Å². The SMILES string of the molecule is CCC(N)CNC(=O)Nc1cccc(C#N)c1. The molecule has 1 atom stereocenters. The van der Waals surface area contributed by atoms with Gasteiger partial charge in [-0.2, -0.15) is 5.26 Å². The summed E-state index contributed by atoms with van der Waals surface area (Å²) >= 11 is 0. The van der Waals surface area contributed by atoms with Gasteiger partial charge in [0.05, 0.1) is 11.6 Å². The highest BCUT2D eigenvalue weighted by Crippen LogP contribution is 2.09. The first kappa shape index (κ1) is 13.0. The van der Waals surface area contributed by atoms with E-state index in [0.29, 0.717) is 17.8 Å². The van der Waals surface area contributed by atoms with Gasteiger partial charge >= 0.3 is 6.03 Å². The van der Waals surface area contributed by atoms with E-state index in [9.17, 15) is 4.79 Å². The summed E-state index contributed by atoms with van der Waals surface area (Å²) in [7, 11) is 0. The number of hydrogen-bond acceptors (Lipinski definition) is 3. The third kappa shape index (κ3) is 4.53. The van der Waals surface area contributed by atoms with Gasteiger partial charge < -0.3 is 16.4 Å². The minimum atomic E-state index is -0.316. The minimum Gasteiger partial charge on any atom is -0.336 e. The zero-order valence-electron chi connectivity index (χ0n) is 9.73. The largest absolute Gasteiger partial charge is 0.336 e. The van der Waals surface area contributed by atoms with Gasteiger partial charge in [-0.1, -0.05) is 13.0 Å². The lowest BCUT2D eigenvalue weighted by Crippen LogP contribution is -2.38. The Morgan fingerprint density at radius 2 is 2.35 bits per heavy atom. The summed E-state index contributed by atoms with van der Waals surface area (Å²) in [4.78, 5) is 11.5. The number of amides is 2. The summed E-state index contributed by atoms with van der Waals surface area (Å²) in [6.45, 7) is 2.39. The normalized spacial score (nSPS) is 11.4. The Labute approximate surface area is 101 Å². The molecule has 0 fully saturated rings. The van der Waals surface area contributed by atoms with Crippen LogP contribution in [-0.4, -0.2) is 18.6 Å². The molecule has 0 radical (unpaired) electrons. The maximum atomic E-state index is 11.5. The van der Waals surface area contributed by atoms with E-state index < -0.39 is 0 Å². The summed E-state index contributed by atoms with van der Waals surface area (Å²) in [5, 5.41) is 14.0. The van der Waals surface area contributed by atoms with E-state index in [1.807, 2.05) is 13.0 Å². The first-order valence-corrected chi connectivity index (χ1v) is 5.46. The smallest absolute Gasteiger partial charge is 0.319 e. The van der Waals surface area contributed by atoms with Crippen LogP contribution >= 0.6 is 0 Å². The average Bonchev–Trinajstić information content (AvgIpc) is 2.36. The molecule has 0 saturated carbocycles. The molecule has 0 aromatic heterocycles. The zero-order valence-corrected chi connectivity index (χ0v) is 9.73. The van der Waals surface area contributed by atoms with Gasteiger partial charge in [0, 0.05) is 18.3 Å². The first-order valence-electron chi connectivity index (χ1n) is 5.46. The Morgan fingerprint density at radius 1 is 1.59 bits per heavy atom. The first-order chi connectivity index (χ1) is 8.15. The molecule has 1 unspecified atom stereocenters. The molecule has 4 N–H and O–H groups in total.